The van der Waals surface area contributed by atoms with Gasteiger partial charge in [-0.3, -0.25) is 4.90 Å². The number of aromatic hydroxyl groups is 1. The number of phenolic OH excluding ortho intramolecular Hbond substituents is 1. The number of likely N-dealkylation sites (tertiary alicyclic amines) is 1. The summed E-state index contributed by atoms with van der Waals surface area (Å²) in [4.78, 5) is 2.89. The molecule has 6 rings (SSSR count). The van der Waals surface area contributed by atoms with Crippen molar-refractivity contribution in [2.75, 3.05) is 18.4 Å². The van der Waals surface area contributed by atoms with Crippen LogP contribution in [0.3, 0.4) is 0 Å². The summed E-state index contributed by atoms with van der Waals surface area (Å²) in [7, 11) is 0. The average molecular weight is 476 g/mol. The normalized spacial score (nSPS) is 28.5. The summed E-state index contributed by atoms with van der Waals surface area (Å²) >= 11 is 0. The molecule has 1 heterocycles. The van der Waals surface area contributed by atoms with Gasteiger partial charge in [-0.15, -0.1) is 24.8 Å². The number of benzene rings is 2. The van der Waals surface area contributed by atoms with E-state index in [1.807, 2.05) is 12.1 Å². The van der Waals surface area contributed by atoms with Crippen molar-refractivity contribution < 1.29 is 5.11 Å². The molecule has 2 aromatic rings. The molecule has 5 heteroatoms. The van der Waals surface area contributed by atoms with Gasteiger partial charge in [0.2, 0.25) is 0 Å². The Bertz CT molecular complexity index is 930. The summed E-state index contributed by atoms with van der Waals surface area (Å²) in [5.74, 6) is 2.19. The van der Waals surface area contributed by atoms with Gasteiger partial charge in [-0.25, -0.2) is 0 Å². The van der Waals surface area contributed by atoms with E-state index in [1.165, 1.54) is 75.7 Å². The number of phenols is 1. The maximum absolute atomic E-state index is 9.51. The number of nitrogens with one attached hydrogen (secondary N) is 1. The van der Waals surface area contributed by atoms with Crippen LogP contribution in [0.2, 0.25) is 0 Å². The van der Waals surface area contributed by atoms with Gasteiger partial charge in [0, 0.05) is 30.2 Å². The van der Waals surface area contributed by atoms with Gasteiger partial charge < -0.3 is 10.4 Å². The van der Waals surface area contributed by atoms with Crippen LogP contribution in [0.25, 0.3) is 0 Å². The largest absolute Gasteiger partial charge is 0.508 e. The Morgan fingerprint density at radius 2 is 1.78 bits per heavy atom. The molecule has 0 unspecified atom stereocenters. The summed E-state index contributed by atoms with van der Waals surface area (Å²) in [5, 5.41) is 13.2. The third kappa shape index (κ3) is 4.24. The van der Waals surface area contributed by atoms with Gasteiger partial charge in [-0.1, -0.05) is 31.0 Å². The smallest absolute Gasteiger partial charge is 0.115 e. The number of fused-ring (bicyclic) bond motifs is 1. The molecule has 3 atom stereocenters. The molecule has 1 aliphatic heterocycles. The number of nitrogens with zero attached hydrogens (tertiary/aromatic N) is 1. The van der Waals surface area contributed by atoms with E-state index in [-0.39, 0.29) is 24.8 Å². The van der Waals surface area contributed by atoms with Crippen molar-refractivity contribution >= 4 is 30.5 Å². The van der Waals surface area contributed by atoms with Crippen LogP contribution in [0.15, 0.2) is 42.5 Å². The lowest BCUT2D eigenvalue weighted by molar-refractivity contribution is -0.0133. The molecule has 32 heavy (non-hydrogen) atoms. The van der Waals surface area contributed by atoms with Crippen LogP contribution in [-0.4, -0.2) is 29.1 Å². The van der Waals surface area contributed by atoms with Crippen molar-refractivity contribution in [2.45, 2.75) is 69.4 Å². The Morgan fingerprint density at radius 3 is 2.56 bits per heavy atom. The zero-order valence-corrected chi connectivity index (χ0v) is 20.4. The van der Waals surface area contributed by atoms with E-state index in [9.17, 15) is 5.11 Å². The van der Waals surface area contributed by atoms with E-state index in [0.717, 1.165) is 24.4 Å². The first-order chi connectivity index (χ1) is 14.7. The summed E-state index contributed by atoms with van der Waals surface area (Å²) in [5.41, 5.74) is 6.17. The minimum Gasteiger partial charge on any atom is -0.508 e. The van der Waals surface area contributed by atoms with Crippen molar-refractivity contribution in [1.82, 2.24) is 4.90 Å². The second-order valence-corrected chi connectivity index (χ2v) is 10.4. The molecule has 4 aliphatic rings. The van der Waals surface area contributed by atoms with Gasteiger partial charge in [0.05, 0.1) is 0 Å². The lowest BCUT2D eigenvalue weighted by atomic mass is 9.52. The summed E-state index contributed by atoms with van der Waals surface area (Å²) in [6, 6.07) is 15.5. The first-order valence-corrected chi connectivity index (χ1v) is 12.1. The fourth-order valence-electron chi connectivity index (χ4n) is 6.87. The van der Waals surface area contributed by atoms with Gasteiger partial charge in [0.25, 0.3) is 0 Å². The van der Waals surface area contributed by atoms with Gasteiger partial charge in [-0.05, 0) is 97.9 Å². The molecule has 2 saturated carbocycles. The molecule has 3 nitrogen and oxygen atoms in total. The Balaban J connectivity index is 0.00000122. The molecule has 0 amide bonds. The zero-order chi connectivity index (χ0) is 20.1. The van der Waals surface area contributed by atoms with Crippen molar-refractivity contribution in [3.05, 3.63) is 59.2 Å². The van der Waals surface area contributed by atoms with Crippen LogP contribution < -0.4 is 5.32 Å². The summed E-state index contributed by atoms with van der Waals surface area (Å²) in [6.07, 6.45) is 11.2. The highest BCUT2D eigenvalue weighted by Crippen LogP contribution is 2.56. The molecule has 2 N–H and O–H groups in total. The van der Waals surface area contributed by atoms with Crippen molar-refractivity contribution in [2.24, 2.45) is 11.8 Å². The number of halogens is 2. The molecule has 174 valence electrons. The highest BCUT2D eigenvalue weighted by molar-refractivity contribution is 5.85. The Hall–Kier alpha value is -1.42. The van der Waals surface area contributed by atoms with E-state index < -0.39 is 0 Å². The fourth-order valence-corrected chi connectivity index (χ4v) is 6.87. The molecule has 3 aliphatic carbocycles. The first kappa shape index (κ1) is 23.7. The molecule has 0 spiro atoms. The highest BCUT2D eigenvalue weighted by Gasteiger charge is 2.54. The summed E-state index contributed by atoms with van der Waals surface area (Å²) < 4.78 is 0. The lowest BCUT2D eigenvalue weighted by Gasteiger charge is -2.59. The highest BCUT2D eigenvalue weighted by atomic mass is 35.5. The van der Waals surface area contributed by atoms with Gasteiger partial charge in [0.1, 0.15) is 5.75 Å². The Labute approximate surface area is 204 Å². The SMILES string of the molecule is Cl.Cl.Oc1ccc(CNc2ccc3c(c2)[C@@]24CCCC[C@H]2[C@@H](C3)N(CC2CC2)CC4)cc1. The number of anilines is 1. The predicted octanol–water partition coefficient (Wildman–Crippen LogP) is 6.32. The van der Waals surface area contributed by atoms with Crippen LogP contribution >= 0.6 is 24.8 Å². The molecule has 2 aromatic carbocycles. The van der Waals surface area contributed by atoms with Gasteiger partial charge >= 0.3 is 0 Å². The quantitative estimate of drug-likeness (QED) is 0.532. The lowest BCUT2D eigenvalue weighted by Crippen LogP contribution is -2.61. The van der Waals surface area contributed by atoms with Crippen LogP contribution in [0.5, 0.6) is 5.75 Å². The van der Waals surface area contributed by atoms with Crippen LogP contribution in [0, 0.1) is 11.8 Å². The van der Waals surface area contributed by atoms with Crippen LogP contribution in [-0.2, 0) is 18.4 Å². The number of hydrogen-bond donors (Lipinski definition) is 2. The van der Waals surface area contributed by atoms with Gasteiger partial charge in [0.15, 0.2) is 0 Å². The minimum atomic E-state index is 0. The van der Waals surface area contributed by atoms with E-state index in [4.69, 9.17) is 0 Å². The molecule has 0 radical (unpaired) electrons. The minimum absolute atomic E-state index is 0. The predicted molar refractivity (Wildman–Crippen MR) is 136 cm³/mol. The number of rotatable bonds is 5. The van der Waals surface area contributed by atoms with Crippen LogP contribution in [0.4, 0.5) is 5.69 Å². The third-order valence-corrected chi connectivity index (χ3v) is 8.57. The summed E-state index contributed by atoms with van der Waals surface area (Å²) in [6.45, 7) is 3.47. The average Bonchev–Trinajstić information content (AvgIpc) is 3.59. The second kappa shape index (κ2) is 9.44. The van der Waals surface area contributed by atoms with Gasteiger partial charge in [-0.2, -0.15) is 0 Å². The molecule has 0 aromatic heterocycles. The Kier molecular flexibility index (Phi) is 7.00. The van der Waals surface area contributed by atoms with Crippen LogP contribution in [0.1, 0.15) is 61.6 Å². The zero-order valence-electron chi connectivity index (χ0n) is 18.8. The fraction of sp³-hybridized carbons (Fsp3) is 0.556. The third-order valence-electron chi connectivity index (χ3n) is 8.57. The standard InChI is InChI=1S/C27H34N2O.2ClH/c30-23-10-6-19(7-11-23)17-28-22-9-8-21-15-26-24-3-1-2-12-27(24,25(21)16-22)13-14-29(26)18-20-4-5-20;;/h6-11,16,20,24,26,28,30H,1-5,12-15,17-18H2;2*1H/t24-,26+,27+;;/m0../s1. The topological polar surface area (TPSA) is 35.5 Å². The Morgan fingerprint density at radius 1 is 0.969 bits per heavy atom. The van der Waals surface area contributed by atoms with E-state index in [0.29, 0.717) is 11.2 Å². The van der Waals surface area contributed by atoms with E-state index >= 15 is 0 Å². The molecular weight excluding hydrogens is 439 g/mol. The maximum atomic E-state index is 9.51. The molecule has 3 fully saturated rings. The maximum Gasteiger partial charge on any atom is 0.115 e. The molecule has 2 bridgehead atoms. The van der Waals surface area contributed by atoms with Crippen molar-refractivity contribution in [3.8, 4) is 5.75 Å². The number of piperidine rings is 1. The molecular formula is C27H36Cl2N2O. The molecule has 1 saturated heterocycles. The van der Waals surface area contributed by atoms with E-state index in [2.05, 4.69) is 28.4 Å². The first-order valence-electron chi connectivity index (χ1n) is 12.1. The van der Waals surface area contributed by atoms with Crippen molar-refractivity contribution in [1.29, 1.82) is 0 Å². The number of hydrogen-bond acceptors (Lipinski definition) is 3. The van der Waals surface area contributed by atoms with E-state index in [1.54, 1.807) is 23.3 Å². The second-order valence-electron chi connectivity index (χ2n) is 10.4. The monoisotopic (exact) mass is 474 g/mol. The van der Waals surface area contributed by atoms with Crippen molar-refractivity contribution in [3.63, 3.8) is 0 Å².